The molecule has 0 bridgehead atoms. The quantitative estimate of drug-likeness (QED) is 0.798. The summed E-state index contributed by atoms with van der Waals surface area (Å²) < 4.78 is 3.62. The van der Waals surface area contributed by atoms with Crippen molar-refractivity contribution in [3.63, 3.8) is 0 Å². The van der Waals surface area contributed by atoms with Gasteiger partial charge in [-0.05, 0) is 42.1 Å². The zero-order valence-electron chi connectivity index (χ0n) is 11.7. The Morgan fingerprint density at radius 1 is 1.39 bits per heavy atom. The molecule has 1 heterocycles. The molecule has 2 atom stereocenters. The summed E-state index contributed by atoms with van der Waals surface area (Å²) in [6, 6.07) is 0. The summed E-state index contributed by atoms with van der Waals surface area (Å²) in [5, 5.41) is 14.5. The van der Waals surface area contributed by atoms with Crippen molar-refractivity contribution in [3.8, 4) is 0 Å². The van der Waals surface area contributed by atoms with Gasteiger partial charge in [0.25, 0.3) is 0 Å². The third-order valence-corrected chi connectivity index (χ3v) is 7.03. The van der Waals surface area contributed by atoms with Gasteiger partial charge in [-0.1, -0.05) is 32.3 Å². The topological polar surface area (TPSA) is 32.3 Å². The SMILES string of the molecule is CCNS1(CC(C)O)C=CC(C2CCCCC2)=C1. The van der Waals surface area contributed by atoms with Gasteiger partial charge in [-0.15, -0.1) is 10.2 Å². The zero-order chi connectivity index (χ0) is 13.0. The summed E-state index contributed by atoms with van der Waals surface area (Å²) in [7, 11) is -1.05. The Balaban J connectivity index is 2.09. The maximum Gasteiger partial charge on any atom is 0.0605 e. The fraction of sp³-hybridized carbons (Fsp3) is 0.733. The van der Waals surface area contributed by atoms with Gasteiger partial charge in [-0.2, -0.15) is 0 Å². The fourth-order valence-corrected chi connectivity index (χ4v) is 6.19. The summed E-state index contributed by atoms with van der Waals surface area (Å²) in [5.41, 5.74) is 1.53. The molecule has 0 aromatic rings. The van der Waals surface area contributed by atoms with Crippen LogP contribution in [0.4, 0.5) is 0 Å². The standard InChI is InChI=1S/C15H27NOS/c1-3-16-18(11-13(2)17)10-9-15(12-18)14-7-5-4-6-8-14/h9-10,12-14,16-17H,3-8,11H2,1-2H3. The third-order valence-electron chi connectivity index (χ3n) is 3.86. The zero-order valence-corrected chi connectivity index (χ0v) is 12.5. The number of allylic oxidation sites excluding steroid dienone is 2. The van der Waals surface area contributed by atoms with E-state index in [0.717, 1.165) is 18.2 Å². The Labute approximate surface area is 113 Å². The number of hydrogen-bond donors (Lipinski definition) is 2. The van der Waals surface area contributed by atoms with Crippen LogP contribution in [0.25, 0.3) is 0 Å². The Bertz CT molecular complexity index is 331. The average Bonchev–Trinajstić information content (AvgIpc) is 2.74. The smallest absolute Gasteiger partial charge is 0.0605 e. The molecule has 0 radical (unpaired) electrons. The molecule has 3 heteroatoms. The fourth-order valence-electron chi connectivity index (χ4n) is 3.11. The molecule has 0 spiro atoms. The lowest BCUT2D eigenvalue weighted by Gasteiger charge is -2.34. The first-order valence-electron chi connectivity index (χ1n) is 7.28. The van der Waals surface area contributed by atoms with Crippen molar-refractivity contribution in [1.82, 2.24) is 4.72 Å². The molecule has 2 rings (SSSR count). The van der Waals surface area contributed by atoms with Crippen LogP contribution in [0.5, 0.6) is 0 Å². The molecule has 104 valence electrons. The first kappa shape index (κ1) is 14.2. The molecule has 0 amide bonds. The highest BCUT2D eigenvalue weighted by Gasteiger charge is 2.27. The molecule has 2 unspecified atom stereocenters. The molecule has 1 fully saturated rings. The van der Waals surface area contributed by atoms with E-state index in [1.165, 1.54) is 37.7 Å². The van der Waals surface area contributed by atoms with Gasteiger partial charge in [0.05, 0.1) is 6.10 Å². The number of hydrogen-bond acceptors (Lipinski definition) is 2. The highest BCUT2D eigenvalue weighted by Crippen LogP contribution is 2.54. The third kappa shape index (κ3) is 3.40. The van der Waals surface area contributed by atoms with E-state index in [4.69, 9.17) is 0 Å². The van der Waals surface area contributed by atoms with Crippen molar-refractivity contribution < 1.29 is 5.11 Å². The van der Waals surface area contributed by atoms with Gasteiger partial charge >= 0.3 is 0 Å². The largest absolute Gasteiger partial charge is 0.393 e. The Hall–Kier alpha value is -0.250. The van der Waals surface area contributed by atoms with Gasteiger partial charge in [-0.3, -0.25) is 4.72 Å². The van der Waals surface area contributed by atoms with Gasteiger partial charge in [0.1, 0.15) is 0 Å². The lowest BCUT2D eigenvalue weighted by molar-refractivity contribution is 0.219. The first-order chi connectivity index (χ1) is 8.65. The van der Waals surface area contributed by atoms with E-state index in [1.54, 1.807) is 0 Å². The second-order valence-corrected chi connectivity index (χ2v) is 8.45. The molecule has 0 saturated heterocycles. The van der Waals surface area contributed by atoms with Crippen molar-refractivity contribution in [3.05, 3.63) is 22.5 Å². The maximum absolute atomic E-state index is 9.72. The summed E-state index contributed by atoms with van der Waals surface area (Å²) >= 11 is 0. The van der Waals surface area contributed by atoms with E-state index < -0.39 is 10.2 Å². The van der Waals surface area contributed by atoms with Gasteiger partial charge in [0.2, 0.25) is 0 Å². The molecule has 2 N–H and O–H groups in total. The summed E-state index contributed by atoms with van der Waals surface area (Å²) in [4.78, 5) is 0. The highest BCUT2D eigenvalue weighted by atomic mass is 32.3. The molecule has 1 aliphatic carbocycles. The van der Waals surface area contributed by atoms with E-state index in [0.29, 0.717) is 0 Å². The summed E-state index contributed by atoms with van der Waals surface area (Å²) in [6.45, 7) is 5.02. The van der Waals surface area contributed by atoms with Crippen molar-refractivity contribution in [2.24, 2.45) is 5.92 Å². The van der Waals surface area contributed by atoms with Crippen LogP contribution >= 0.6 is 10.2 Å². The average molecular weight is 269 g/mol. The normalized spacial score (nSPS) is 34.1. The molecule has 1 saturated carbocycles. The van der Waals surface area contributed by atoms with Crippen LogP contribution in [0.15, 0.2) is 22.5 Å². The van der Waals surface area contributed by atoms with E-state index in [1.807, 2.05) is 6.92 Å². The molecule has 1 aliphatic heterocycles. The van der Waals surface area contributed by atoms with Crippen molar-refractivity contribution in [1.29, 1.82) is 0 Å². The van der Waals surface area contributed by atoms with E-state index in [9.17, 15) is 5.11 Å². The van der Waals surface area contributed by atoms with Crippen molar-refractivity contribution in [2.75, 3.05) is 12.3 Å². The van der Waals surface area contributed by atoms with E-state index in [-0.39, 0.29) is 6.10 Å². The van der Waals surface area contributed by atoms with E-state index in [2.05, 4.69) is 28.5 Å². The lowest BCUT2D eigenvalue weighted by Crippen LogP contribution is -2.24. The second-order valence-electron chi connectivity index (χ2n) is 5.62. The summed E-state index contributed by atoms with van der Waals surface area (Å²) in [6.07, 6.45) is 8.98. The molecular weight excluding hydrogens is 242 g/mol. The summed E-state index contributed by atoms with van der Waals surface area (Å²) in [5.74, 6) is 1.63. The predicted octanol–water partition coefficient (Wildman–Crippen LogP) is 3.69. The number of aliphatic hydroxyl groups is 1. The molecule has 0 aromatic heterocycles. The highest BCUT2D eigenvalue weighted by molar-refractivity contribution is 8.37. The van der Waals surface area contributed by atoms with Gasteiger partial charge in [-0.25, -0.2) is 0 Å². The number of rotatable bonds is 5. The van der Waals surface area contributed by atoms with Crippen LogP contribution in [-0.4, -0.2) is 23.5 Å². The Morgan fingerprint density at radius 2 is 2.11 bits per heavy atom. The monoisotopic (exact) mass is 269 g/mol. The molecule has 0 aromatic carbocycles. The lowest BCUT2D eigenvalue weighted by atomic mass is 9.84. The van der Waals surface area contributed by atoms with Crippen LogP contribution in [0.3, 0.4) is 0 Å². The van der Waals surface area contributed by atoms with Crippen molar-refractivity contribution >= 4 is 10.2 Å². The Morgan fingerprint density at radius 3 is 2.72 bits per heavy atom. The van der Waals surface area contributed by atoms with Gasteiger partial charge in [0.15, 0.2) is 0 Å². The second kappa shape index (κ2) is 6.27. The van der Waals surface area contributed by atoms with Gasteiger partial charge in [0, 0.05) is 12.3 Å². The van der Waals surface area contributed by atoms with Crippen LogP contribution in [-0.2, 0) is 0 Å². The number of nitrogens with one attached hydrogen (secondary N) is 1. The molecule has 2 aliphatic rings. The first-order valence-corrected chi connectivity index (χ1v) is 9.21. The van der Waals surface area contributed by atoms with Crippen LogP contribution < -0.4 is 4.72 Å². The Kier molecular flexibility index (Phi) is 4.93. The molecule has 18 heavy (non-hydrogen) atoms. The van der Waals surface area contributed by atoms with Gasteiger partial charge < -0.3 is 5.11 Å². The minimum Gasteiger partial charge on any atom is -0.393 e. The molecule has 2 nitrogen and oxygen atoms in total. The van der Waals surface area contributed by atoms with Crippen molar-refractivity contribution in [2.45, 2.75) is 52.1 Å². The van der Waals surface area contributed by atoms with Crippen LogP contribution in [0, 0.1) is 5.92 Å². The minimum atomic E-state index is -1.05. The van der Waals surface area contributed by atoms with E-state index >= 15 is 0 Å². The predicted molar refractivity (Wildman–Crippen MR) is 81.6 cm³/mol. The minimum absolute atomic E-state index is 0.231. The van der Waals surface area contributed by atoms with Crippen LogP contribution in [0.2, 0.25) is 0 Å². The number of aliphatic hydroxyl groups excluding tert-OH is 1. The molecular formula is C15H27NOS. The van der Waals surface area contributed by atoms with Crippen LogP contribution in [0.1, 0.15) is 46.0 Å². The maximum atomic E-state index is 9.72.